The van der Waals surface area contributed by atoms with Gasteiger partial charge in [0, 0.05) is 13.0 Å². The van der Waals surface area contributed by atoms with Crippen LogP contribution in [-0.2, 0) is 4.74 Å². The minimum Gasteiger partial charge on any atom is -0.394 e. The topological polar surface area (TPSA) is 56.6 Å². The molecule has 0 aromatic rings. The van der Waals surface area contributed by atoms with Crippen LogP contribution in [-0.4, -0.2) is 47.7 Å². The van der Waals surface area contributed by atoms with Crippen molar-refractivity contribution < 1.29 is 9.84 Å². The average Bonchev–Trinajstić information content (AvgIpc) is 2.17. The molecule has 0 bridgehead atoms. The summed E-state index contributed by atoms with van der Waals surface area (Å²) in [4.78, 5) is 2.00. The standard InChI is InChI=1S/C9H18N2O2/c1-3-9(10)11-4-8(5-12)13-6-7(11)2/h7-8,10,12H,3-6H2,1-2H3. The highest BCUT2D eigenvalue weighted by Crippen LogP contribution is 2.12. The maximum Gasteiger partial charge on any atom is 0.0981 e. The molecule has 0 saturated carbocycles. The number of amidine groups is 1. The van der Waals surface area contributed by atoms with Crippen molar-refractivity contribution in [2.45, 2.75) is 32.4 Å². The Balaban J connectivity index is 2.54. The zero-order valence-corrected chi connectivity index (χ0v) is 8.29. The van der Waals surface area contributed by atoms with Gasteiger partial charge in [0.15, 0.2) is 0 Å². The Bertz CT molecular complexity index is 184. The fourth-order valence-corrected chi connectivity index (χ4v) is 1.51. The first kappa shape index (κ1) is 10.5. The van der Waals surface area contributed by atoms with E-state index in [1.165, 1.54) is 0 Å². The first-order valence-corrected chi connectivity index (χ1v) is 4.75. The summed E-state index contributed by atoms with van der Waals surface area (Å²) in [6.07, 6.45) is 0.616. The summed E-state index contributed by atoms with van der Waals surface area (Å²) in [6, 6.07) is 0.259. The van der Waals surface area contributed by atoms with Gasteiger partial charge in [-0.15, -0.1) is 0 Å². The monoisotopic (exact) mass is 186 g/mol. The molecule has 2 unspecified atom stereocenters. The molecule has 2 atom stereocenters. The fourth-order valence-electron chi connectivity index (χ4n) is 1.51. The van der Waals surface area contributed by atoms with Crippen LogP contribution in [0.5, 0.6) is 0 Å². The quantitative estimate of drug-likeness (QED) is 0.486. The third-order valence-electron chi connectivity index (χ3n) is 2.39. The van der Waals surface area contributed by atoms with Gasteiger partial charge in [0.05, 0.1) is 31.2 Å². The maximum atomic E-state index is 8.93. The van der Waals surface area contributed by atoms with E-state index in [0.717, 1.165) is 6.42 Å². The van der Waals surface area contributed by atoms with Gasteiger partial charge in [0.25, 0.3) is 0 Å². The third kappa shape index (κ3) is 2.42. The predicted molar refractivity (Wildman–Crippen MR) is 51.0 cm³/mol. The second-order valence-electron chi connectivity index (χ2n) is 3.44. The lowest BCUT2D eigenvalue weighted by Crippen LogP contribution is -2.51. The van der Waals surface area contributed by atoms with E-state index in [0.29, 0.717) is 19.0 Å². The average molecular weight is 186 g/mol. The first-order chi connectivity index (χ1) is 6.19. The SMILES string of the molecule is CCC(=N)N1CC(CO)OCC1C. The summed E-state index contributed by atoms with van der Waals surface area (Å²) >= 11 is 0. The predicted octanol–water partition coefficient (Wildman–Crippen LogP) is 0.455. The number of rotatable bonds is 2. The number of aliphatic hydroxyl groups is 1. The molecule has 4 heteroatoms. The van der Waals surface area contributed by atoms with E-state index in [-0.39, 0.29) is 18.8 Å². The van der Waals surface area contributed by atoms with E-state index in [9.17, 15) is 0 Å². The molecule has 0 aliphatic carbocycles. The van der Waals surface area contributed by atoms with E-state index >= 15 is 0 Å². The zero-order valence-electron chi connectivity index (χ0n) is 8.29. The minimum atomic E-state index is -0.122. The summed E-state index contributed by atoms with van der Waals surface area (Å²) < 4.78 is 5.38. The molecule has 0 radical (unpaired) electrons. The lowest BCUT2D eigenvalue weighted by molar-refractivity contribution is -0.0567. The third-order valence-corrected chi connectivity index (χ3v) is 2.39. The lowest BCUT2D eigenvalue weighted by Gasteiger charge is -2.38. The van der Waals surface area contributed by atoms with Crippen molar-refractivity contribution in [2.75, 3.05) is 19.8 Å². The number of nitrogens with one attached hydrogen (secondary N) is 1. The largest absolute Gasteiger partial charge is 0.394 e. The van der Waals surface area contributed by atoms with E-state index in [4.69, 9.17) is 15.3 Å². The van der Waals surface area contributed by atoms with Gasteiger partial charge in [0.2, 0.25) is 0 Å². The Morgan fingerprint density at radius 3 is 2.92 bits per heavy atom. The molecule has 1 aliphatic rings. The summed E-state index contributed by atoms with van der Waals surface area (Å²) in [5.41, 5.74) is 0. The van der Waals surface area contributed by atoms with E-state index in [1.54, 1.807) is 0 Å². The highest BCUT2D eigenvalue weighted by Gasteiger charge is 2.26. The van der Waals surface area contributed by atoms with Gasteiger partial charge in [-0.05, 0) is 6.92 Å². The number of hydrogen-bond acceptors (Lipinski definition) is 3. The van der Waals surface area contributed by atoms with Crippen molar-refractivity contribution in [3.05, 3.63) is 0 Å². The molecule has 1 aliphatic heterocycles. The van der Waals surface area contributed by atoms with Crippen LogP contribution in [0.15, 0.2) is 0 Å². The molecule has 1 heterocycles. The van der Waals surface area contributed by atoms with Gasteiger partial charge >= 0.3 is 0 Å². The van der Waals surface area contributed by atoms with Crippen LogP contribution in [0.2, 0.25) is 0 Å². The zero-order chi connectivity index (χ0) is 9.84. The summed E-state index contributed by atoms with van der Waals surface area (Å²) in [7, 11) is 0. The molecule has 76 valence electrons. The van der Waals surface area contributed by atoms with Crippen LogP contribution < -0.4 is 0 Å². The van der Waals surface area contributed by atoms with E-state index < -0.39 is 0 Å². The smallest absolute Gasteiger partial charge is 0.0981 e. The van der Waals surface area contributed by atoms with Crippen LogP contribution in [0.1, 0.15) is 20.3 Å². The second kappa shape index (κ2) is 4.58. The van der Waals surface area contributed by atoms with Gasteiger partial charge in [-0.1, -0.05) is 6.92 Å². The molecule has 13 heavy (non-hydrogen) atoms. The maximum absolute atomic E-state index is 8.93. The van der Waals surface area contributed by atoms with Crippen molar-refractivity contribution in [3.63, 3.8) is 0 Å². The molecule has 0 spiro atoms. The number of nitrogens with zero attached hydrogens (tertiary/aromatic N) is 1. The van der Waals surface area contributed by atoms with Crippen molar-refractivity contribution in [1.29, 1.82) is 5.41 Å². The summed E-state index contributed by atoms with van der Waals surface area (Å²) in [5.74, 6) is 0.634. The molecule has 0 amide bonds. The molecule has 0 aromatic carbocycles. The number of morpholine rings is 1. The number of hydrogen-bond donors (Lipinski definition) is 2. The Labute approximate surface area is 79.0 Å². The molecular formula is C9H18N2O2. The van der Waals surface area contributed by atoms with Crippen LogP contribution in [0.25, 0.3) is 0 Å². The van der Waals surface area contributed by atoms with Gasteiger partial charge < -0.3 is 14.7 Å². The van der Waals surface area contributed by atoms with Gasteiger partial charge in [-0.25, -0.2) is 0 Å². The Kier molecular flexibility index (Phi) is 3.69. The minimum absolute atomic E-state index is 0.0419. The molecule has 1 fully saturated rings. The van der Waals surface area contributed by atoms with Crippen molar-refractivity contribution >= 4 is 5.84 Å². The van der Waals surface area contributed by atoms with Gasteiger partial charge in [0.1, 0.15) is 0 Å². The Hall–Kier alpha value is -0.610. The van der Waals surface area contributed by atoms with Crippen molar-refractivity contribution in [2.24, 2.45) is 0 Å². The van der Waals surface area contributed by atoms with Gasteiger partial charge in [-0.2, -0.15) is 0 Å². The summed E-state index contributed by atoms with van der Waals surface area (Å²) in [6.45, 7) is 5.30. The molecule has 0 aromatic heterocycles. The molecule has 1 rings (SSSR count). The number of aliphatic hydroxyl groups excluding tert-OH is 1. The highest BCUT2D eigenvalue weighted by molar-refractivity contribution is 5.79. The summed E-state index contributed by atoms with van der Waals surface area (Å²) in [5, 5.41) is 16.6. The fraction of sp³-hybridized carbons (Fsp3) is 0.889. The van der Waals surface area contributed by atoms with Crippen LogP contribution in [0.4, 0.5) is 0 Å². The van der Waals surface area contributed by atoms with E-state index in [2.05, 4.69) is 0 Å². The normalized spacial score (nSPS) is 29.0. The number of ether oxygens (including phenoxy) is 1. The highest BCUT2D eigenvalue weighted by atomic mass is 16.5. The van der Waals surface area contributed by atoms with Crippen LogP contribution in [0.3, 0.4) is 0 Å². The van der Waals surface area contributed by atoms with Gasteiger partial charge in [-0.3, -0.25) is 5.41 Å². The van der Waals surface area contributed by atoms with Crippen molar-refractivity contribution in [3.8, 4) is 0 Å². The van der Waals surface area contributed by atoms with Crippen molar-refractivity contribution in [1.82, 2.24) is 4.90 Å². The molecule has 4 nitrogen and oxygen atoms in total. The lowest BCUT2D eigenvalue weighted by atomic mass is 10.2. The Morgan fingerprint density at radius 2 is 2.38 bits per heavy atom. The molecular weight excluding hydrogens is 168 g/mol. The molecule has 1 saturated heterocycles. The first-order valence-electron chi connectivity index (χ1n) is 4.75. The molecule has 2 N–H and O–H groups in total. The second-order valence-corrected chi connectivity index (χ2v) is 3.44. The van der Waals surface area contributed by atoms with E-state index in [1.807, 2.05) is 18.7 Å². The van der Waals surface area contributed by atoms with Crippen LogP contribution in [0, 0.1) is 5.41 Å². The Morgan fingerprint density at radius 1 is 1.69 bits per heavy atom. The van der Waals surface area contributed by atoms with Crippen LogP contribution >= 0.6 is 0 Å².